The number of nitrogens with zero attached hydrogens (tertiary/aromatic N) is 4. The van der Waals surface area contributed by atoms with Crippen molar-refractivity contribution in [1.29, 1.82) is 0 Å². The monoisotopic (exact) mass is 286 g/mol. The van der Waals surface area contributed by atoms with E-state index in [0.29, 0.717) is 0 Å². The highest BCUT2D eigenvalue weighted by Crippen LogP contribution is 2.31. The zero-order valence-electron chi connectivity index (χ0n) is 10.4. The van der Waals surface area contributed by atoms with Gasteiger partial charge in [-0.2, -0.15) is 4.99 Å². The van der Waals surface area contributed by atoms with E-state index in [9.17, 15) is 9.50 Å². The molecule has 6 atom stereocenters. The largest absolute Gasteiger partial charge is 0.394 e. The fraction of sp³-hybridized carbons (Fsp3) is 0.700. The summed E-state index contributed by atoms with van der Waals surface area (Å²) in [6, 6.07) is -0.552. The molecule has 3 heterocycles. The fourth-order valence-corrected chi connectivity index (χ4v) is 2.50. The highest BCUT2D eigenvalue weighted by Gasteiger charge is 2.50. The summed E-state index contributed by atoms with van der Waals surface area (Å²) in [4.78, 5) is 13.4. The van der Waals surface area contributed by atoms with Gasteiger partial charge in [-0.05, 0) is 0 Å². The first-order valence-corrected chi connectivity index (χ1v) is 6.09. The van der Waals surface area contributed by atoms with Gasteiger partial charge in [0.05, 0.1) is 12.9 Å². The Hall–Kier alpha value is -1.78. The molecule has 6 N–H and O–H groups in total. The van der Waals surface area contributed by atoms with E-state index >= 15 is 0 Å². The molecule has 1 saturated heterocycles. The van der Waals surface area contributed by atoms with Crippen LogP contribution in [0.1, 0.15) is 0 Å². The number of hydrogen-bond acceptors (Lipinski definition) is 9. The predicted octanol–water partition coefficient (Wildman–Crippen LogP) is -2.87. The highest BCUT2D eigenvalue weighted by atomic mass is 19.1. The lowest BCUT2D eigenvalue weighted by molar-refractivity contribution is -0.0692. The number of guanidine groups is 1. The molecular weight excluding hydrogens is 271 g/mol. The van der Waals surface area contributed by atoms with Gasteiger partial charge >= 0.3 is 0 Å². The molecule has 0 radical (unpaired) electrons. The minimum absolute atomic E-state index is 0.0214. The van der Waals surface area contributed by atoms with Gasteiger partial charge in [-0.15, -0.1) is 0 Å². The molecule has 0 amide bonds. The van der Waals surface area contributed by atoms with Crippen molar-refractivity contribution < 1.29 is 19.3 Å². The fourth-order valence-electron chi connectivity index (χ4n) is 2.50. The Kier molecular flexibility index (Phi) is 3.07. The van der Waals surface area contributed by atoms with Crippen LogP contribution in [0.5, 0.6) is 0 Å². The van der Waals surface area contributed by atoms with Crippen LogP contribution in [0, 0.1) is 0 Å². The number of halogens is 1. The molecule has 3 aliphatic heterocycles. The number of aliphatic imine (C=N–C) groups is 3. The number of aliphatic hydroxyl groups excluding tert-OH is 2. The molecule has 20 heavy (non-hydrogen) atoms. The molecule has 110 valence electrons. The molecule has 3 rings (SSSR count). The summed E-state index contributed by atoms with van der Waals surface area (Å²) in [6.07, 6.45) is -4.51. The number of amidine groups is 1. The van der Waals surface area contributed by atoms with Gasteiger partial charge in [0.1, 0.15) is 24.1 Å². The molecule has 0 aromatic rings. The lowest BCUT2D eigenvalue weighted by Gasteiger charge is -2.31. The molecule has 0 bridgehead atoms. The van der Waals surface area contributed by atoms with Crippen molar-refractivity contribution in [2.24, 2.45) is 26.4 Å². The minimum Gasteiger partial charge on any atom is -0.394 e. The second-order valence-electron chi connectivity index (χ2n) is 4.78. The van der Waals surface area contributed by atoms with Gasteiger partial charge in [0.25, 0.3) is 0 Å². The van der Waals surface area contributed by atoms with Gasteiger partial charge in [0.2, 0.25) is 5.96 Å². The lowest BCUT2D eigenvalue weighted by Crippen LogP contribution is -2.51. The smallest absolute Gasteiger partial charge is 0.219 e. The predicted molar refractivity (Wildman–Crippen MR) is 67.8 cm³/mol. The molecule has 0 spiro atoms. The normalized spacial score (nSPS) is 43.5. The van der Waals surface area contributed by atoms with Crippen LogP contribution < -0.4 is 11.5 Å². The number of ether oxygens (including phenoxy) is 1. The second-order valence-corrected chi connectivity index (χ2v) is 4.78. The van der Waals surface area contributed by atoms with Gasteiger partial charge < -0.3 is 31.3 Å². The average molecular weight is 286 g/mol. The van der Waals surface area contributed by atoms with Crippen molar-refractivity contribution in [3.05, 3.63) is 0 Å². The maximum atomic E-state index is 14.1. The van der Waals surface area contributed by atoms with E-state index in [0.717, 1.165) is 0 Å². The third-order valence-corrected chi connectivity index (χ3v) is 3.53. The van der Waals surface area contributed by atoms with Crippen molar-refractivity contribution in [2.45, 2.75) is 36.8 Å². The summed E-state index contributed by atoms with van der Waals surface area (Å²) in [5, 5.41) is 18.7. The van der Waals surface area contributed by atoms with E-state index in [2.05, 4.69) is 15.0 Å². The molecule has 0 aliphatic carbocycles. The first-order valence-electron chi connectivity index (χ1n) is 6.09. The van der Waals surface area contributed by atoms with E-state index in [-0.39, 0.29) is 11.8 Å². The summed E-state index contributed by atoms with van der Waals surface area (Å²) in [5.74, 6) is 0.167. The SMILES string of the molecule is NC1=NC2C(N=CN2C2OC(CO)C(O)C2F)C(N)=N1. The maximum Gasteiger partial charge on any atom is 0.219 e. The third kappa shape index (κ3) is 1.84. The number of fused-ring (bicyclic) bond motifs is 1. The molecule has 3 aliphatic rings. The Labute approximate surface area is 113 Å². The van der Waals surface area contributed by atoms with Gasteiger partial charge in [-0.25, -0.2) is 9.38 Å². The van der Waals surface area contributed by atoms with Crippen molar-refractivity contribution >= 4 is 18.1 Å². The molecule has 0 aromatic carbocycles. The highest BCUT2D eigenvalue weighted by molar-refractivity contribution is 6.01. The Bertz CT molecular complexity index is 497. The third-order valence-electron chi connectivity index (χ3n) is 3.53. The van der Waals surface area contributed by atoms with E-state index in [1.807, 2.05) is 0 Å². The van der Waals surface area contributed by atoms with Crippen LogP contribution in [0.25, 0.3) is 0 Å². The van der Waals surface area contributed by atoms with Crippen molar-refractivity contribution in [3.63, 3.8) is 0 Å². The van der Waals surface area contributed by atoms with Crippen LogP contribution >= 0.6 is 0 Å². The van der Waals surface area contributed by atoms with E-state index in [4.69, 9.17) is 21.3 Å². The Morgan fingerprint density at radius 3 is 2.85 bits per heavy atom. The zero-order valence-corrected chi connectivity index (χ0v) is 10.4. The van der Waals surface area contributed by atoms with Crippen LogP contribution in [0.15, 0.2) is 15.0 Å². The van der Waals surface area contributed by atoms with E-state index in [1.165, 1.54) is 11.2 Å². The molecule has 10 heteroatoms. The summed E-state index contributed by atoms with van der Waals surface area (Å²) in [6.45, 7) is -0.480. The Morgan fingerprint density at radius 2 is 2.20 bits per heavy atom. The molecule has 0 aromatic heterocycles. The minimum atomic E-state index is -1.70. The van der Waals surface area contributed by atoms with E-state index in [1.54, 1.807) is 0 Å². The molecule has 1 fully saturated rings. The van der Waals surface area contributed by atoms with Gasteiger partial charge in [-0.1, -0.05) is 0 Å². The molecular formula is C10H15FN6O3. The summed E-state index contributed by atoms with van der Waals surface area (Å²) >= 11 is 0. The Morgan fingerprint density at radius 1 is 1.45 bits per heavy atom. The van der Waals surface area contributed by atoms with Crippen molar-refractivity contribution in [1.82, 2.24) is 4.90 Å². The van der Waals surface area contributed by atoms with Crippen molar-refractivity contribution in [3.8, 4) is 0 Å². The van der Waals surface area contributed by atoms with Gasteiger partial charge in [0, 0.05) is 0 Å². The first kappa shape index (κ1) is 13.2. The number of alkyl halides is 1. The Balaban J connectivity index is 1.83. The molecule has 9 nitrogen and oxygen atoms in total. The number of hydrogen-bond donors (Lipinski definition) is 4. The molecule has 0 saturated carbocycles. The zero-order chi connectivity index (χ0) is 14.4. The van der Waals surface area contributed by atoms with Crippen LogP contribution in [-0.4, -0.2) is 76.7 Å². The summed E-state index contributed by atoms with van der Waals surface area (Å²) in [7, 11) is 0. The van der Waals surface area contributed by atoms with Crippen LogP contribution in [0.3, 0.4) is 0 Å². The second kappa shape index (κ2) is 4.65. The van der Waals surface area contributed by atoms with E-state index < -0.39 is 43.4 Å². The van der Waals surface area contributed by atoms with Crippen LogP contribution in [0.2, 0.25) is 0 Å². The standard InChI is InChI=1S/C10H15FN6O3/c11-4-6(19)3(1-18)20-9(4)17-2-14-5-7(12)15-10(13)16-8(5)17/h2-6,8-9,18-19H,1H2,(H4,12,13,15,16). The average Bonchev–Trinajstić information content (AvgIpc) is 2.93. The van der Waals surface area contributed by atoms with Crippen LogP contribution in [0.4, 0.5) is 4.39 Å². The number of rotatable bonds is 2. The van der Waals surface area contributed by atoms with Gasteiger partial charge in [-0.3, -0.25) is 4.99 Å². The van der Waals surface area contributed by atoms with Gasteiger partial charge in [0.15, 0.2) is 18.6 Å². The quantitative estimate of drug-likeness (QED) is 0.430. The molecule has 6 unspecified atom stereocenters. The van der Waals surface area contributed by atoms with Crippen molar-refractivity contribution in [2.75, 3.05) is 6.61 Å². The topological polar surface area (TPSA) is 142 Å². The first-order chi connectivity index (χ1) is 9.52. The lowest BCUT2D eigenvalue weighted by atomic mass is 10.1. The maximum absolute atomic E-state index is 14.1. The number of nitrogens with two attached hydrogens (primary N) is 2. The van der Waals surface area contributed by atoms with Crippen LogP contribution in [-0.2, 0) is 4.74 Å². The number of aliphatic hydroxyl groups is 2. The summed E-state index contributed by atoms with van der Waals surface area (Å²) < 4.78 is 19.4. The summed E-state index contributed by atoms with van der Waals surface area (Å²) in [5.41, 5.74) is 11.2.